The average molecular weight is 372 g/mol. The first kappa shape index (κ1) is 18.1. The predicted octanol–water partition coefficient (Wildman–Crippen LogP) is 4.83. The van der Waals surface area contributed by atoms with Gasteiger partial charge in [-0.3, -0.25) is 4.79 Å². The number of anilines is 2. The Labute approximate surface area is 165 Å². The molecule has 0 bridgehead atoms. The molecule has 0 spiro atoms. The van der Waals surface area contributed by atoms with Crippen molar-refractivity contribution in [3.8, 4) is 5.75 Å². The second-order valence-electron chi connectivity index (χ2n) is 6.80. The maximum Gasteiger partial charge on any atom is 0.251 e. The Morgan fingerprint density at radius 2 is 1.71 bits per heavy atom. The third-order valence-electron chi connectivity index (χ3n) is 5.04. The van der Waals surface area contributed by atoms with Crippen LogP contribution >= 0.6 is 0 Å². The summed E-state index contributed by atoms with van der Waals surface area (Å²) in [4.78, 5) is 15.7. The van der Waals surface area contributed by atoms with E-state index in [1.807, 2.05) is 67.6 Å². The van der Waals surface area contributed by atoms with Crippen LogP contribution in [0.5, 0.6) is 5.75 Å². The highest BCUT2D eigenvalue weighted by Gasteiger charge is 2.32. The van der Waals surface area contributed by atoms with Gasteiger partial charge in [-0.2, -0.15) is 0 Å². The van der Waals surface area contributed by atoms with Gasteiger partial charge in [0.25, 0.3) is 5.91 Å². The van der Waals surface area contributed by atoms with E-state index in [1.54, 1.807) is 0 Å². The number of para-hydroxylation sites is 3. The van der Waals surface area contributed by atoms with Gasteiger partial charge < -0.3 is 15.0 Å². The summed E-state index contributed by atoms with van der Waals surface area (Å²) in [6, 6.07) is 25.4. The largest absolute Gasteiger partial charge is 0.492 e. The van der Waals surface area contributed by atoms with E-state index in [9.17, 15) is 4.79 Å². The van der Waals surface area contributed by atoms with Crippen molar-refractivity contribution < 1.29 is 9.53 Å². The number of carbonyl (C=O) groups excluding carboxylic acids is 1. The van der Waals surface area contributed by atoms with Crippen molar-refractivity contribution in [3.05, 3.63) is 90.0 Å². The van der Waals surface area contributed by atoms with Gasteiger partial charge >= 0.3 is 0 Å². The summed E-state index contributed by atoms with van der Waals surface area (Å²) >= 11 is 0. The van der Waals surface area contributed by atoms with Gasteiger partial charge in [0.15, 0.2) is 0 Å². The van der Waals surface area contributed by atoms with Crippen LogP contribution in [0.25, 0.3) is 0 Å². The predicted molar refractivity (Wildman–Crippen MR) is 113 cm³/mol. The van der Waals surface area contributed by atoms with Gasteiger partial charge in [0.05, 0.1) is 12.3 Å². The second kappa shape index (κ2) is 8.17. The summed E-state index contributed by atoms with van der Waals surface area (Å²) in [7, 11) is 0. The number of fused-ring (bicyclic) bond motifs is 1. The molecule has 1 heterocycles. The molecule has 4 heteroatoms. The third kappa shape index (κ3) is 3.58. The standard InChI is InChI=1S/C24H24N2O2/c1-2-28-22-15-9-7-13-20(22)25-24(27)23(19-11-4-3-5-12-19)26-17-16-18-10-6-8-14-21(18)26/h3-15,23H,2,16-17H2,1H3,(H,25,27)/t23-/m1/s1. The molecule has 0 fully saturated rings. The number of hydrogen-bond acceptors (Lipinski definition) is 3. The van der Waals surface area contributed by atoms with Gasteiger partial charge in [0, 0.05) is 12.2 Å². The first-order chi connectivity index (χ1) is 13.8. The summed E-state index contributed by atoms with van der Waals surface area (Å²) in [5.74, 6) is 0.627. The molecule has 0 saturated carbocycles. The summed E-state index contributed by atoms with van der Waals surface area (Å²) in [6.45, 7) is 3.31. The molecule has 142 valence electrons. The maximum absolute atomic E-state index is 13.5. The van der Waals surface area contributed by atoms with Crippen molar-refractivity contribution in [2.45, 2.75) is 19.4 Å². The zero-order valence-corrected chi connectivity index (χ0v) is 16.0. The lowest BCUT2D eigenvalue weighted by Gasteiger charge is -2.30. The minimum absolute atomic E-state index is 0.0601. The van der Waals surface area contributed by atoms with E-state index in [0.717, 1.165) is 24.2 Å². The summed E-state index contributed by atoms with van der Waals surface area (Å²) in [6.07, 6.45) is 0.947. The number of amides is 1. The molecule has 1 aliphatic heterocycles. The molecule has 1 atom stereocenters. The van der Waals surface area contributed by atoms with E-state index < -0.39 is 6.04 Å². The zero-order valence-electron chi connectivity index (χ0n) is 16.0. The lowest BCUT2D eigenvalue weighted by molar-refractivity contribution is -0.117. The molecular weight excluding hydrogens is 348 g/mol. The smallest absolute Gasteiger partial charge is 0.251 e. The molecule has 0 aliphatic carbocycles. The van der Waals surface area contributed by atoms with Gasteiger partial charge in [-0.15, -0.1) is 0 Å². The van der Waals surface area contributed by atoms with Gasteiger partial charge in [-0.1, -0.05) is 60.7 Å². The number of ether oxygens (including phenoxy) is 1. The second-order valence-corrected chi connectivity index (χ2v) is 6.80. The van der Waals surface area contributed by atoms with Gasteiger partial charge in [-0.05, 0) is 42.7 Å². The van der Waals surface area contributed by atoms with Crippen LogP contribution < -0.4 is 15.0 Å². The number of benzene rings is 3. The van der Waals surface area contributed by atoms with E-state index >= 15 is 0 Å². The first-order valence-corrected chi connectivity index (χ1v) is 9.70. The Balaban J connectivity index is 1.68. The Bertz CT molecular complexity index is 956. The molecule has 0 aromatic heterocycles. The minimum atomic E-state index is -0.403. The van der Waals surface area contributed by atoms with Crippen LogP contribution in [0.4, 0.5) is 11.4 Å². The molecule has 28 heavy (non-hydrogen) atoms. The first-order valence-electron chi connectivity index (χ1n) is 9.70. The van der Waals surface area contributed by atoms with E-state index in [2.05, 4.69) is 28.4 Å². The van der Waals surface area contributed by atoms with Crippen molar-refractivity contribution in [3.63, 3.8) is 0 Å². The van der Waals surface area contributed by atoms with Crippen molar-refractivity contribution in [1.82, 2.24) is 0 Å². The fourth-order valence-corrected chi connectivity index (χ4v) is 3.79. The number of nitrogens with one attached hydrogen (secondary N) is 1. The van der Waals surface area contributed by atoms with E-state index in [1.165, 1.54) is 5.56 Å². The molecule has 1 aliphatic rings. The van der Waals surface area contributed by atoms with Crippen LogP contribution in [0, 0.1) is 0 Å². The summed E-state index contributed by atoms with van der Waals surface area (Å²) in [5, 5.41) is 3.10. The van der Waals surface area contributed by atoms with Gasteiger partial charge in [0.1, 0.15) is 11.8 Å². The molecule has 1 N–H and O–H groups in total. The summed E-state index contributed by atoms with van der Waals surface area (Å²) < 4.78 is 5.68. The lowest BCUT2D eigenvalue weighted by atomic mass is 10.0. The molecule has 0 unspecified atom stereocenters. The van der Waals surface area contributed by atoms with E-state index in [4.69, 9.17) is 4.74 Å². The number of hydrogen-bond donors (Lipinski definition) is 1. The van der Waals surface area contributed by atoms with Gasteiger partial charge in [-0.25, -0.2) is 0 Å². The molecular formula is C24H24N2O2. The summed E-state index contributed by atoms with van der Waals surface area (Å²) in [5.41, 5.74) is 4.09. The van der Waals surface area contributed by atoms with E-state index in [0.29, 0.717) is 18.0 Å². The maximum atomic E-state index is 13.5. The molecule has 0 radical (unpaired) electrons. The molecule has 3 aromatic carbocycles. The van der Waals surface area contributed by atoms with Crippen LogP contribution in [-0.4, -0.2) is 19.1 Å². The normalized spacial score (nSPS) is 13.7. The average Bonchev–Trinajstić information content (AvgIpc) is 3.15. The quantitative estimate of drug-likeness (QED) is 0.674. The van der Waals surface area contributed by atoms with Crippen molar-refractivity contribution in [2.75, 3.05) is 23.4 Å². The fourth-order valence-electron chi connectivity index (χ4n) is 3.79. The highest BCUT2D eigenvalue weighted by atomic mass is 16.5. The van der Waals surface area contributed by atoms with Crippen LogP contribution in [-0.2, 0) is 11.2 Å². The fraction of sp³-hybridized carbons (Fsp3) is 0.208. The molecule has 4 nitrogen and oxygen atoms in total. The monoisotopic (exact) mass is 372 g/mol. The Morgan fingerprint density at radius 1 is 1.00 bits per heavy atom. The molecule has 4 rings (SSSR count). The Kier molecular flexibility index (Phi) is 5.29. The molecule has 3 aromatic rings. The third-order valence-corrected chi connectivity index (χ3v) is 5.04. The number of rotatable bonds is 6. The molecule has 1 amide bonds. The number of carbonyl (C=O) groups is 1. The Hall–Kier alpha value is -3.27. The zero-order chi connectivity index (χ0) is 19.3. The highest BCUT2D eigenvalue weighted by molar-refractivity contribution is 5.99. The van der Waals surface area contributed by atoms with Crippen LogP contribution in [0.15, 0.2) is 78.9 Å². The van der Waals surface area contributed by atoms with Crippen molar-refractivity contribution in [2.24, 2.45) is 0 Å². The number of nitrogens with zero attached hydrogens (tertiary/aromatic N) is 1. The van der Waals surface area contributed by atoms with Crippen molar-refractivity contribution in [1.29, 1.82) is 0 Å². The van der Waals surface area contributed by atoms with E-state index in [-0.39, 0.29) is 5.91 Å². The minimum Gasteiger partial charge on any atom is -0.492 e. The topological polar surface area (TPSA) is 41.6 Å². The van der Waals surface area contributed by atoms with Crippen LogP contribution in [0.2, 0.25) is 0 Å². The SMILES string of the molecule is CCOc1ccccc1NC(=O)[C@@H](c1ccccc1)N1CCc2ccccc21. The van der Waals surface area contributed by atoms with Crippen LogP contribution in [0.3, 0.4) is 0 Å². The lowest BCUT2D eigenvalue weighted by Crippen LogP contribution is -2.36. The van der Waals surface area contributed by atoms with Gasteiger partial charge in [0.2, 0.25) is 0 Å². The molecule has 0 saturated heterocycles. The van der Waals surface area contributed by atoms with Crippen LogP contribution in [0.1, 0.15) is 24.1 Å². The highest BCUT2D eigenvalue weighted by Crippen LogP contribution is 2.36. The van der Waals surface area contributed by atoms with Crippen molar-refractivity contribution >= 4 is 17.3 Å². The Morgan fingerprint density at radius 3 is 2.54 bits per heavy atom.